The molecule has 5 nitrogen and oxygen atoms in total. The lowest BCUT2D eigenvalue weighted by molar-refractivity contribution is -0.317. The summed E-state index contributed by atoms with van der Waals surface area (Å²) in [6.07, 6.45) is -11.9. The van der Waals surface area contributed by atoms with Crippen molar-refractivity contribution in [2.75, 3.05) is 12.1 Å². The van der Waals surface area contributed by atoms with Crippen LogP contribution in [0.15, 0.2) is 35.3 Å². The summed E-state index contributed by atoms with van der Waals surface area (Å²) in [7, 11) is 1.40. The zero-order valence-electron chi connectivity index (χ0n) is 14.4. The minimum atomic E-state index is -5.93. The largest absolute Gasteiger partial charge is 0.411 e. The maximum atomic E-state index is 13.0. The molecule has 0 spiro atoms. The smallest absolute Gasteiger partial charge is 0.271 e. The number of carbonyl (C=O) groups excluding carboxylic acids is 2. The molecule has 0 N–H and O–H groups in total. The van der Waals surface area contributed by atoms with Gasteiger partial charge in [-0.2, -0.15) is 26.3 Å². The van der Waals surface area contributed by atoms with Gasteiger partial charge in [0.15, 0.2) is 0 Å². The van der Waals surface area contributed by atoms with Crippen LogP contribution in [-0.4, -0.2) is 48.0 Å². The van der Waals surface area contributed by atoms with Crippen molar-refractivity contribution < 1.29 is 35.9 Å². The molecule has 1 saturated heterocycles. The quantitative estimate of drug-likeness (QED) is 0.722. The van der Waals surface area contributed by atoms with Gasteiger partial charge in [0.1, 0.15) is 5.71 Å². The SMILES string of the molecule is CC1C(=NC(=O)C(C)(C(F)(F)F)C(F)(F)F)C(=O)N(c2ccccc2)N1C. The fraction of sp³-hybridized carbons (Fsp3) is 0.438. The third-order valence-corrected chi connectivity index (χ3v) is 4.47. The van der Waals surface area contributed by atoms with Crippen LogP contribution in [0.1, 0.15) is 13.8 Å². The number of halogens is 6. The van der Waals surface area contributed by atoms with Crippen LogP contribution in [-0.2, 0) is 9.59 Å². The molecule has 0 aliphatic carbocycles. The number of para-hydroxylation sites is 1. The molecule has 1 aromatic carbocycles. The summed E-state index contributed by atoms with van der Waals surface area (Å²) in [5, 5.41) is 2.29. The molecule has 1 atom stereocenters. The van der Waals surface area contributed by atoms with E-state index >= 15 is 0 Å². The molecule has 1 heterocycles. The Morgan fingerprint density at radius 1 is 1.04 bits per heavy atom. The molecule has 1 aliphatic heterocycles. The Labute approximate surface area is 150 Å². The average Bonchev–Trinajstić information content (AvgIpc) is 2.76. The molecule has 1 unspecified atom stereocenters. The van der Waals surface area contributed by atoms with E-state index in [2.05, 4.69) is 4.99 Å². The Morgan fingerprint density at radius 3 is 1.96 bits per heavy atom. The summed E-state index contributed by atoms with van der Waals surface area (Å²) in [6.45, 7) is 1.05. The number of amides is 2. The average molecular weight is 395 g/mol. The molecule has 148 valence electrons. The maximum absolute atomic E-state index is 13.0. The van der Waals surface area contributed by atoms with E-state index in [0.717, 1.165) is 5.01 Å². The fourth-order valence-electron chi connectivity index (χ4n) is 2.41. The maximum Gasteiger partial charge on any atom is 0.411 e. The third-order valence-electron chi connectivity index (χ3n) is 4.47. The Balaban J connectivity index is 2.49. The number of aliphatic imine (C=N–C) groups is 1. The number of anilines is 1. The van der Waals surface area contributed by atoms with E-state index in [1.165, 1.54) is 31.1 Å². The van der Waals surface area contributed by atoms with Gasteiger partial charge < -0.3 is 0 Å². The van der Waals surface area contributed by atoms with Gasteiger partial charge in [0.25, 0.3) is 11.8 Å². The van der Waals surface area contributed by atoms with Crippen LogP contribution in [0.4, 0.5) is 32.0 Å². The van der Waals surface area contributed by atoms with E-state index in [-0.39, 0.29) is 6.92 Å². The lowest BCUT2D eigenvalue weighted by Gasteiger charge is -2.30. The standard InChI is InChI=1S/C16H15F6N3O2/c1-9-11(12(26)25(24(9)3)10-7-5-4-6-8-10)23-13(27)14(2,15(17,18)19)16(20,21)22/h4-9H,1-3H3. The molecule has 0 saturated carbocycles. The number of hydrogen-bond donors (Lipinski definition) is 0. The molecule has 27 heavy (non-hydrogen) atoms. The molecule has 0 bridgehead atoms. The van der Waals surface area contributed by atoms with Gasteiger partial charge in [0.05, 0.1) is 11.7 Å². The third kappa shape index (κ3) is 3.31. The van der Waals surface area contributed by atoms with Crippen LogP contribution in [0.5, 0.6) is 0 Å². The first-order valence-corrected chi connectivity index (χ1v) is 7.62. The number of nitrogens with zero attached hydrogens (tertiary/aromatic N) is 3. The Morgan fingerprint density at radius 2 is 1.52 bits per heavy atom. The number of hydrazine groups is 1. The summed E-state index contributed by atoms with van der Waals surface area (Å²) >= 11 is 0. The van der Waals surface area contributed by atoms with Crippen molar-refractivity contribution >= 4 is 23.2 Å². The van der Waals surface area contributed by atoms with Crippen molar-refractivity contribution in [3.63, 3.8) is 0 Å². The second-order valence-corrected chi connectivity index (χ2v) is 6.12. The predicted octanol–water partition coefficient (Wildman–Crippen LogP) is 3.37. The summed E-state index contributed by atoms with van der Waals surface area (Å²) in [4.78, 5) is 27.4. The molecule has 0 radical (unpaired) electrons. The summed E-state index contributed by atoms with van der Waals surface area (Å²) in [6, 6.07) is 6.86. The van der Waals surface area contributed by atoms with Gasteiger partial charge in [-0.1, -0.05) is 18.2 Å². The lowest BCUT2D eigenvalue weighted by Crippen LogP contribution is -2.53. The molecule has 2 amide bonds. The number of alkyl halides is 6. The topological polar surface area (TPSA) is 53.0 Å². The molecule has 1 aromatic rings. The Hall–Kier alpha value is -2.43. The predicted molar refractivity (Wildman–Crippen MR) is 83.8 cm³/mol. The van der Waals surface area contributed by atoms with E-state index in [0.29, 0.717) is 5.69 Å². The summed E-state index contributed by atoms with van der Waals surface area (Å²) < 4.78 is 78.1. The molecular formula is C16H15F6N3O2. The van der Waals surface area contributed by atoms with Crippen molar-refractivity contribution in [1.82, 2.24) is 5.01 Å². The van der Waals surface area contributed by atoms with Crippen LogP contribution < -0.4 is 5.01 Å². The second-order valence-electron chi connectivity index (χ2n) is 6.12. The van der Waals surface area contributed by atoms with E-state index in [4.69, 9.17) is 0 Å². The minimum Gasteiger partial charge on any atom is -0.271 e. The molecular weight excluding hydrogens is 380 g/mol. The molecule has 2 rings (SSSR count). The molecule has 1 aliphatic rings. The van der Waals surface area contributed by atoms with Gasteiger partial charge in [-0.15, -0.1) is 0 Å². The number of carbonyl (C=O) groups is 2. The zero-order valence-corrected chi connectivity index (χ0v) is 14.4. The van der Waals surface area contributed by atoms with E-state index in [9.17, 15) is 35.9 Å². The highest BCUT2D eigenvalue weighted by Gasteiger charge is 2.72. The van der Waals surface area contributed by atoms with E-state index < -0.39 is 41.3 Å². The van der Waals surface area contributed by atoms with Crippen molar-refractivity contribution in [2.24, 2.45) is 10.4 Å². The highest BCUT2D eigenvalue weighted by Crippen LogP contribution is 2.51. The van der Waals surface area contributed by atoms with Crippen LogP contribution in [0.25, 0.3) is 0 Å². The highest BCUT2D eigenvalue weighted by atomic mass is 19.4. The van der Waals surface area contributed by atoms with Crippen molar-refractivity contribution in [3.8, 4) is 0 Å². The van der Waals surface area contributed by atoms with Crippen molar-refractivity contribution in [3.05, 3.63) is 30.3 Å². The first kappa shape index (κ1) is 20.9. The molecule has 1 fully saturated rings. The van der Waals surface area contributed by atoms with Gasteiger partial charge in [-0.25, -0.2) is 15.0 Å². The molecule has 11 heteroatoms. The Kier molecular flexibility index (Phi) is 5.12. The first-order chi connectivity index (χ1) is 12.2. The summed E-state index contributed by atoms with van der Waals surface area (Å²) in [5.41, 5.74) is -5.10. The number of rotatable bonds is 2. The van der Waals surface area contributed by atoms with Crippen LogP contribution in [0.2, 0.25) is 0 Å². The van der Waals surface area contributed by atoms with E-state index in [1.54, 1.807) is 18.2 Å². The summed E-state index contributed by atoms with van der Waals surface area (Å²) in [5.74, 6) is -3.46. The zero-order chi connectivity index (χ0) is 20.8. The van der Waals surface area contributed by atoms with Gasteiger partial charge in [-0.3, -0.25) is 9.59 Å². The first-order valence-electron chi connectivity index (χ1n) is 7.62. The van der Waals surface area contributed by atoms with Gasteiger partial charge in [0.2, 0.25) is 5.41 Å². The normalized spacial score (nSPS) is 21.2. The van der Waals surface area contributed by atoms with Crippen LogP contribution in [0.3, 0.4) is 0 Å². The van der Waals surface area contributed by atoms with Crippen LogP contribution in [0, 0.1) is 5.41 Å². The van der Waals surface area contributed by atoms with Crippen molar-refractivity contribution in [2.45, 2.75) is 32.2 Å². The van der Waals surface area contributed by atoms with Gasteiger partial charge in [-0.05, 0) is 26.0 Å². The number of hydrogen-bond acceptors (Lipinski definition) is 3. The van der Waals surface area contributed by atoms with Crippen molar-refractivity contribution in [1.29, 1.82) is 0 Å². The van der Waals surface area contributed by atoms with Crippen LogP contribution >= 0.6 is 0 Å². The lowest BCUT2D eigenvalue weighted by atomic mass is 9.88. The van der Waals surface area contributed by atoms with Gasteiger partial charge >= 0.3 is 12.4 Å². The Bertz CT molecular complexity index is 759. The number of benzene rings is 1. The monoisotopic (exact) mass is 395 g/mol. The molecule has 0 aromatic heterocycles. The van der Waals surface area contributed by atoms with E-state index in [1.807, 2.05) is 0 Å². The van der Waals surface area contributed by atoms with Gasteiger partial charge in [0, 0.05) is 7.05 Å². The minimum absolute atomic E-state index is 0.290. The second kappa shape index (κ2) is 6.63. The highest BCUT2D eigenvalue weighted by molar-refractivity contribution is 6.48. The fourth-order valence-corrected chi connectivity index (χ4v) is 2.41.